The van der Waals surface area contributed by atoms with Gasteiger partial charge in [0, 0.05) is 6.42 Å². The predicted molar refractivity (Wildman–Crippen MR) is 365 cm³/mol. The summed E-state index contributed by atoms with van der Waals surface area (Å²) in [6.07, 6.45) is 78.7. The third-order valence-electron chi connectivity index (χ3n) is 15.2. The van der Waals surface area contributed by atoms with Gasteiger partial charge in [-0.2, -0.15) is 0 Å². The van der Waals surface area contributed by atoms with Crippen molar-refractivity contribution < 1.29 is 49.3 Å². The second-order valence-corrected chi connectivity index (χ2v) is 23.1. The molecule has 1 heterocycles. The molecule has 0 bridgehead atoms. The Morgan fingerprint density at radius 1 is 0.460 bits per heavy atom. The summed E-state index contributed by atoms with van der Waals surface area (Å²) < 4.78 is 17.6. The number of nitrogens with one attached hydrogen (secondary N) is 1. The lowest BCUT2D eigenvalue weighted by atomic mass is 9.99. The van der Waals surface area contributed by atoms with Gasteiger partial charge in [-0.3, -0.25) is 9.59 Å². The number of carbonyl (C=O) groups excluding carboxylic acids is 2. The first kappa shape index (κ1) is 80.6. The maximum Gasteiger partial charge on any atom is 0.306 e. The quantitative estimate of drug-likeness (QED) is 0.0195. The van der Waals surface area contributed by atoms with Crippen LogP contribution in [0.1, 0.15) is 258 Å². The molecule has 1 aliphatic heterocycles. The summed E-state index contributed by atoms with van der Waals surface area (Å²) >= 11 is 0. The van der Waals surface area contributed by atoms with E-state index in [4.69, 9.17) is 14.2 Å². The van der Waals surface area contributed by atoms with Crippen LogP contribution in [0, 0.1) is 0 Å². The summed E-state index contributed by atoms with van der Waals surface area (Å²) in [5.74, 6) is -1.26. The average molecular weight is 1210 g/mol. The first-order valence-electron chi connectivity index (χ1n) is 34.6. The minimum Gasteiger partial charge on any atom is -0.454 e. The Morgan fingerprint density at radius 2 is 0.828 bits per heavy atom. The van der Waals surface area contributed by atoms with Crippen molar-refractivity contribution in [2.24, 2.45) is 0 Å². The van der Waals surface area contributed by atoms with E-state index in [1.165, 1.54) is 70.6 Å². The van der Waals surface area contributed by atoms with E-state index >= 15 is 0 Å². The van der Waals surface area contributed by atoms with E-state index < -0.39 is 67.4 Å². The molecule has 0 aliphatic carbocycles. The summed E-state index contributed by atoms with van der Waals surface area (Å²) in [6.45, 7) is 5.54. The van der Waals surface area contributed by atoms with Crippen LogP contribution >= 0.6 is 0 Å². The first-order chi connectivity index (χ1) is 42.7. The van der Waals surface area contributed by atoms with Gasteiger partial charge in [0.15, 0.2) is 12.4 Å². The van der Waals surface area contributed by atoms with Crippen LogP contribution in [0.15, 0.2) is 146 Å². The number of aliphatic hydroxyl groups is 5. The Balaban J connectivity index is 2.66. The lowest BCUT2D eigenvalue weighted by Gasteiger charge is -2.41. The van der Waals surface area contributed by atoms with Crippen LogP contribution in [0.2, 0.25) is 0 Å². The molecule has 8 unspecified atom stereocenters. The highest BCUT2D eigenvalue weighted by molar-refractivity contribution is 5.80. The van der Waals surface area contributed by atoms with Crippen LogP contribution in [0.4, 0.5) is 0 Å². The number of rotatable bonds is 57. The van der Waals surface area contributed by atoms with E-state index in [1.807, 2.05) is 6.08 Å². The summed E-state index contributed by atoms with van der Waals surface area (Å²) in [6, 6.07) is -1.05. The monoisotopic (exact) mass is 1210 g/mol. The lowest BCUT2D eigenvalue weighted by Crippen LogP contribution is -2.61. The molecule has 1 aliphatic rings. The van der Waals surface area contributed by atoms with Gasteiger partial charge in [0.1, 0.15) is 24.4 Å². The molecule has 1 fully saturated rings. The third kappa shape index (κ3) is 49.1. The Morgan fingerprint density at radius 3 is 1.24 bits per heavy atom. The largest absolute Gasteiger partial charge is 0.454 e. The highest BCUT2D eigenvalue weighted by Gasteiger charge is 2.47. The van der Waals surface area contributed by atoms with Crippen LogP contribution in [-0.4, -0.2) is 99.6 Å². The second kappa shape index (κ2) is 61.8. The number of carbonyl (C=O) groups is 2. The zero-order valence-corrected chi connectivity index (χ0v) is 54.8. The average Bonchev–Trinajstić information content (AvgIpc) is 2.32. The van der Waals surface area contributed by atoms with Crippen LogP contribution in [0.25, 0.3) is 0 Å². The van der Waals surface area contributed by atoms with Gasteiger partial charge < -0.3 is 45.1 Å². The van der Waals surface area contributed by atoms with E-state index in [0.717, 1.165) is 141 Å². The van der Waals surface area contributed by atoms with Crippen molar-refractivity contribution in [1.82, 2.24) is 5.32 Å². The molecule has 1 amide bonds. The number of aliphatic hydroxyl groups excluding tert-OH is 5. The number of esters is 1. The fourth-order valence-corrected chi connectivity index (χ4v) is 9.86. The van der Waals surface area contributed by atoms with Crippen LogP contribution < -0.4 is 5.32 Å². The second-order valence-electron chi connectivity index (χ2n) is 23.1. The molecule has 11 heteroatoms. The molecule has 1 saturated heterocycles. The highest BCUT2D eigenvalue weighted by Crippen LogP contribution is 2.26. The molecule has 0 aromatic heterocycles. The topological polar surface area (TPSA) is 175 Å². The van der Waals surface area contributed by atoms with Gasteiger partial charge in [-0.1, -0.05) is 276 Å². The van der Waals surface area contributed by atoms with Gasteiger partial charge in [0.25, 0.3) is 0 Å². The van der Waals surface area contributed by atoms with Crippen molar-refractivity contribution in [2.75, 3.05) is 13.2 Å². The maximum absolute atomic E-state index is 13.5. The molecular weight excluding hydrogens is 1090 g/mol. The third-order valence-corrected chi connectivity index (χ3v) is 15.2. The molecule has 1 rings (SSSR count). The number of allylic oxidation sites excluding steroid dienone is 23. The number of amides is 1. The summed E-state index contributed by atoms with van der Waals surface area (Å²) in [4.78, 5) is 26.7. The van der Waals surface area contributed by atoms with Crippen LogP contribution in [0.5, 0.6) is 0 Å². The minimum atomic E-state index is -1.64. The molecule has 0 aromatic carbocycles. The Kier molecular flexibility index (Phi) is 57.2. The first-order valence-corrected chi connectivity index (χ1v) is 34.6. The van der Waals surface area contributed by atoms with Gasteiger partial charge in [-0.05, 0) is 122 Å². The molecule has 87 heavy (non-hydrogen) atoms. The van der Waals surface area contributed by atoms with Crippen LogP contribution in [-0.2, 0) is 23.8 Å². The Hall–Kier alpha value is -4.46. The van der Waals surface area contributed by atoms with Crippen molar-refractivity contribution in [2.45, 2.75) is 307 Å². The number of hydrogen-bond donors (Lipinski definition) is 6. The van der Waals surface area contributed by atoms with Gasteiger partial charge in [0.2, 0.25) is 5.91 Å². The van der Waals surface area contributed by atoms with Crippen LogP contribution in [0.3, 0.4) is 0 Å². The summed E-state index contributed by atoms with van der Waals surface area (Å²) in [5.41, 5.74) is 0. The number of unbranched alkanes of at least 4 members (excludes halogenated alkanes) is 21. The van der Waals surface area contributed by atoms with Crippen molar-refractivity contribution in [1.29, 1.82) is 0 Å². The highest BCUT2D eigenvalue weighted by atomic mass is 16.7. The minimum absolute atomic E-state index is 0.0598. The zero-order valence-electron chi connectivity index (χ0n) is 54.8. The standard InChI is InChI=1S/C76H125NO10/c1-4-7-10-13-16-19-22-25-27-29-31-33-34-35-37-38-40-42-45-48-51-54-57-60-63-69(80)75(84)77-67(68(79)62-59-56-53-50-47-44-24-21-18-15-12-9-6-3)66-85-76-74(73(83)72(82)70(65-78)86-76)87-71(81)64-61-58-55-52-49-46-43-41-39-36-32-30-28-26-23-20-17-14-11-8-5-2/h7-8,10-11,16-17,19-20,25-28,31-33,35-37,41,43,49,52,59,62,67-70,72-74,76,78-80,82-83H,4-6,9,12-15,18,21-24,29-30,34,38-40,42,44-48,50-51,53-58,60-61,63-66H2,1-3H3,(H,77,84)/b10-7-,11-8-,19-16-,20-17-,27-25-,28-26-,33-31-,36-32-,37-35-,43-41-,52-49-,62-59+. The van der Waals surface area contributed by atoms with E-state index in [9.17, 15) is 35.1 Å². The van der Waals surface area contributed by atoms with E-state index in [0.29, 0.717) is 12.8 Å². The van der Waals surface area contributed by atoms with Crippen molar-refractivity contribution in [3.63, 3.8) is 0 Å². The lowest BCUT2D eigenvalue weighted by molar-refractivity contribution is -0.305. The molecule has 8 atom stereocenters. The Labute approximate surface area is 530 Å². The van der Waals surface area contributed by atoms with Gasteiger partial charge >= 0.3 is 5.97 Å². The molecular formula is C76H125NO10. The molecule has 11 nitrogen and oxygen atoms in total. The number of ether oxygens (including phenoxy) is 3. The smallest absolute Gasteiger partial charge is 0.306 e. The molecule has 0 aromatic rings. The van der Waals surface area contributed by atoms with Gasteiger partial charge in [0.05, 0.1) is 25.4 Å². The Bertz CT molecular complexity index is 1980. The molecule has 0 radical (unpaired) electrons. The zero-order chi connectivity index (χ0) is 63.1. The SMILES string of the molecule is CC/C=C\C/C=C\C/C=C\C/C=C\C/C=C\C/C=C\CCCCC(=O)OC1C(OCC(NC(=O)C(O)CCCCCCCCCC/C=C\C/C=C\C/C=C\C/C=C\C/C=C\CC)C(O)/C=C/CCCCCCCCCCCCC)OC(CO)C(O)C1O. The normalized spacial score (nSPS) is 19.2. The molecule has 6 N–H and O–H groups in total. The van der Waals surface area contributed by atoms with Crippen molar-refractivity contribution in [3.8, 4) is 0 Å². The summed E-state index contributed by atoms with van der Waals surface area (Å²) in [5, 5.41) is 57.2. The fourth-order valence-electron chi connectivity index (χ4n) is 9.86. The van der Waals surface area contributed by atoms with Crippen molar-refractivity contribution in [3.05, 3.63) is 146 Å². The molecule has 0 spiro atoms. The molecule has 0 saturated carbocycles. The van der Waals surface area contributed by atoms with Gasteiger partial charge in [-0.15, -0.1) is 0 Å². The predicted octanol–water partition coefficient (Wildman–Crippen LogP) is 17.7. The van der Waals surface area contributed by atoms with E-state index in [-0.39, 0.29) is 19.4 Å². The summed E-state index contributed by atoms with van der Waals surface area (Å²) in [7, 11) is 0. The fraction of sp³-hybridized carbons (Fsp3) is 0.658. The van der Waals surface area contributed by atoms with E-state index in [2.05, 4.69) is 160 Å². The maximum atomic E-state index is 13.5. The number of hydrogen-bond acceptors (Lipinski definition) is 10. The van der Waals surface area contributed by atoms with Crippen molar-refractivity contribution >= 4 is 11.9 Å². The van der Waals surface area contributed by atoms with E-state index in [1.54, 1.807) is 6.08 Å². The van der Waals surface area contributed by atoms with Gasteiger partial charge in [-0.25, -0.2) is 0 Å². The molecule has 494 valence electrons.